The Hall–Kier alpha value is -1.79. The lowest BCUT2D eigenvalue weighted by Crippen LogP contribution is -1.89. The molecule has 84 valence electrons. The van der Waals surface area contributed by atoms with Crippen LogP contribution in [0.15, 0.2) is 57.4 Å². The normalized spacial score (nSPS) is 18.4. The van der Waals surface area contributed by atoms with Crippen LogP contribution in [0.1, 0.15) is 12.8 Å². The zero-order valence-corrected chi connectivity index (χ0v) is 9.92. The summed E-state index contributed by atoms with van der Waals surface area (Å²) >= 11 is 1.63. The van der Waals surface area contributed by atoms with E-state index in [9.17, 15) is 9.59 Å². The van der Waals surface area contributed by atoms with E-state index in [1.165, 1.54) is 0 Å². The van der Waals surface area contributed by atoms with E-state index < -0.39 is 0 Å². The Morgan fingerprint density at radius 2 is 1.29 bits per heavy atom. The largest absolute Gasteiger partial charge is 0.233 e. The first-order valence-corrected chi connectivity index (χ1v) is 6.06. The molecule has 0 aromatic carbocycles. The van der Waals surface area contributed by atoms with Gasteiger partial charge in [-0.25, -0.2) is 9.59 Å². The van der Waals surface area contributed by atoms with Crippen LogP contribution in [0.4, 0.5) is 0 Å². The van der Waals surface area contributed by atoms with Gasteiger partial charge < -0.3 is 0 Å². The molecule has 0 spiro atoms. The van der Waals surface area contributed by atoms with Crippen LogP contribution in [0, 0.1) is 0 Å². The van der Waals surface area contributed by atoms with Gasteiger partial charge in [-0.3, -0.25) is 0 Å². The third kappa shape index (κ3) is 3.08. The van der Waals surface area contributed by atoms with E-state index in [2.05, 4.69) is 0 Å². The third-order valence-corrected chi connectivity index (χ3v) is 3.52. The molecule has 0 heterocycles. The highest BCUT2D eigenvalue weighted by Gasteiger charge is 2.07. The molecule has 2 aliphatic rings. The van der Waals surface area contributed by atoms with Crippen LogP contribution in [0.3, 0.4) is 0 Å². The molecule has 2 aliphatic carbocycles. The molecule has 0 saturated carbocycles. The molecule has 0 bridgehead atoms. The first kappa shape index (κ1) is 11.7. The van der Waals surface area contributed by atoms with Gasteiger partial charge in [-0.05, 0) is 24.3 Å². The Morgan fingerprint density at radius 1 is 0.824 bits per heavy atom. The predicted molar refractivity (Wildman–Crippen MR) is 69.7 cm³/mol. The maximum Gasteiger partial charge on any atom is 0.128 e. The smallest absolute Gasteiger partial charge is 0.128 e. The van der Waals surface area contributed by atoms with Crippen LogP contribution in [0.5, 0.6) is 0 Å². The lowest BCUT2D eigenvalue weighted by Gasteiger charge is -2.10. The van der Waals surface area contributed by atoms with Crippen LogP contribution in [-0.4, -0.2) is 11.9 Å². The van der Waals surface area contributed by atoms with Gasteiger partial charge >= 0.3 is 0 Å². The molecular formula is C14H10O2S. The van der Waals surface area contributed by atoms with E-state index in [0.29, 0.717) is 24.0 Å². The summed E-state index contributed by atoms with van der Waals surface area (Å²) in [6.07, 6.45) is 12.7. The molecule has 0 N–H and O–H groups in total. The quantitative estimate of drug-likeness (QED) is 0.698. The molecule has 0 unspecified atom stereocenters. The van der Waals surface area contributed by atoms with E-state index in [0.717, 1.165) is 9.81 Å². The van der Waals surface area contributed by atoms with Gasteiger partial charge in [0.2, 0.25) is 0 Å². The standard InChI is InChI=1S/C14H10O2S/c15-9-11-1-5-13(6-2-11)17-14-7-3-12(10-16)4-8-14/h1,3,5-8H,2,4H2. The van der Waals surface area contributed by atoms with Crippen molar-refractivity contribution < 1.29 is 9.59 Å². The van der Waals surface area contributed by atoms with Gasteiger partial charge in [-0.15, -0.1) is 0 Å². The maximum atomic E-state index is 10.4. The van der Waals surface area contributed by atoms with Gasteiger partial charge in [0, 0.05) is 33.8 Å². The molecule has 2 rings (SSSR count). The highest BCUT2D eigenvalue weighted by molar-refractivity contribution is 8.07. The van der Waals surface area contributed by atoms with Gasteiger partial charge in [0.25, 0.3) is 0 Å². The first-order chi connectivity index (χ1) is 8.31. The zero-order chi connectivity index (χ0) is 12.1. The van der Waals surface area contributed by atoms with Crippen LogP contribution >= 0.6 is 11.8 Å². The van der Waals surface area contributed by atoms with Gasteiger partial charge in [-0.2, -0.15) is 0 Å². The van der Waals surface area contributed by atoms with Gasteiger partial charge in [-0.1, -0.05) is 23.9 Å². The summed E-state index contributed by atoms with van der Waals surface area (Å²) in [5.41, 5.74) is 1.35. The predicted octanol–water partition coefficient (Wildman–Crippen LogP) is 2.92. The lowest BCUT2D eigenvalue weighted by atomic mass is 10.1. The molecule has 0 aliphatic heterocycles. The summed E-state index contributed by atoms with van der Waals surface area (Å²) in [7, 11) is 0. The average Bonchev–Trinajstić information content (AvgIpc) is 2.40. The summed E-state index contributed by atoms with van der Waals surface area (Å²) in [4.78, 5) is 23.0. The second-order valence-electron chi connectivity index (χ2n) is 3.64. The van der Waals surface area contributed by atoms with Crippen molar-refractivity contribution in [2.75, 3.05) is 0 Å². The van der Waals surface area contributed by atoms with E-state index in [4.69, 9.17) is 0 Å². The molecule has 17 heavy (non-hydrogen) atoms. The van der Waals surface area contributed by atoms with E-state index in [1.807, 2.05) is 36.2 Å². The average molecular weight is 242 g/mol. The van der Waals surface area contributed by atoms with Crippen molar-refractivity contribution in [3.8, 4) is 0 Å². The highest BCUT2D eigenvalue weighted by atomic mass is 32.2. The van der Waals surface area contributed by atoms with Crippen molar-refractivity contribution in [3.63, 3.8) is 0 Å². The second-order valence-corrected chi connectivity index (χ2v) is 4.79. The Balaban J connectivity index is 2.01. The summed E-state index contributed by atoms with van der Waals surface area (Å²) < 4.78 is 0. The van der Waals surface area contributed by atoms with Crippen LogP contribution in [0.2, 0.25) is 0 Å². The van der Waals surface area contributed by atoms with E-state index in [1.54, 1.807) is 23.9 Å². The Kier molecular flexibility index (Phi) is 3.79. The summed E-state index contributed by atoms with van der Waals surface area (Å²) in [5, 5.41) is 0. The van der Waals surface area contributed by atoms with E-state index >= 15 is 0 Å². The van der Waals surface area contributed by atoms with Gasteiger partial charge in [0.05, 0.1) is 0 Å². The minimum Gasteiger partial charge on any atom is -0.233 e. The zero-order valence-electron chi connectivity index (χ0n) is 9.10. The van der Waals surface area contributed by atoms with Crippen molar-refractivity contribution in [2.24, 2.45) is 0 Å². The maximum absolute atomic E-state index is 10.4. The second kappa shape index (κ2) is 5.51. The van der Waals surface area contributed by atoms with Crippen molar-refractivity contribution in [2.45, 2.75) is 12.8 Å². The highest BCUT2D eigenvalue weighted by Crippen LogP contribution is 2.33. The third-order valence-electron chi connectivity index (χ3n) is 2.44. The van der Waals surface area contributed by atoms with Gasteiger partial charge in [0.1, 0.15) is 11.9 Å². The SMILES string of the molecule is O=C=C1C=CC(SC2=CCC(=C=O)C=C2)=CC1. The minimum absolute atomic E-state index is 0.638. The molecule has 0 radical (unpaired) electrons. The van der Waals surface area contributed by atoms with Crippen molar-refractivity contribution in [1.82, 2.24) is 0 Å². The van der Waals surface area contributed by atoms with Crippen LogP contribution < -0.4 is 0 Å². The molecule has 3 heteroatoms. The molecule has 0 amide bonds. The molecular weight excluding hydrogens is 232 g/mol. The molecule has 0 saturated heterocycles. The number of allylic oxidation sites excluding steroid dienone is 8. The minimum atomic E-state index is 0.638. The Bertz CT molecular complexity index is 499. The number of carbonyl (C=O) groups excluding carboxylic acids is 2. The number of hydrogen-bond donors (Lipinski definition) is 0. The van der Waals surface area contributed by atoms with Crippen molar-refractivity contribution in [1.29, 1.82) is 0 Å². The van der Waals surface area contributed by atoms with E-state index in [-0.39, 0.29) is 0 Å². The number of rotatable bonds is 2. The van der Waals surface area contributed by atoms with Crippen LogP contribution in [-0.2, 0) is 9.59 Å². The Labute approximate surface area is 104 Å². The molecule has 0 aromatic rings. The first-order valence-electron chi connectivity index (χ1n) is 5.24. The number of hydrogen-bond acceptors (Lipinski definition) is 3. The van der Waals surface area contributed by atoms with Crippen molar-refractivity contribution >= 4 is 23.6 Å². The fraction of sp³-hybridized carbons (Fsp3) is 0.143. The van der Waals surface area contributed by atoms with Gasteiger partial charge in [0.15, 0.2) is 0 Å². The topological polar surface area (TPSA) is 34.1 Å². The summed E-state index contributed by atoms with van der Waals surface area (Å²) in [5.74, 6) is 3.79. The fourth-order valence-electron chi connectivity index (χ4n) is 1.50. The number of thioether (sulfide) groups is 1. The summed E-state index contributed by atoms with van der Waals surface area (Å²) in [6.45, 7) is 0. The van der Waals surface area contributed by atoms with Crippen LogP contribution in [0.25, 0.3) is 0 Å². The monoisotopic (exact) mass is 242 g/mol. The fourth-order valence-corrected chi connectivity index (χ4v) is 2.38. The summed E-state index contributed by atoms with van der Waals surface area (Å²) in [6, 6.07) is 0. The van der Waals surface area contributed by atoms with Crippen molar-refractivity contribution in [3.05, 3.63) is 57.4 Å². The Morgan fingerprint density at radius 3 is 1.59 bits per heavy atom. The molecule has 0 fully saturated rings. The lowest BCUT2D eigenvalue weighted by molar-refractivity contribution is 0.566. The molecule has 0 aromatic heterocycles. The molecule has 2 nitrogen and oxygen atoms in total. The molecule has 0 atom stereocenters.